The summed E-state index contributed by atoms with van der Waals surface area (Å²) in [6.07, 6.45) is 2.06. The van der Waals surface area contributed by atoms with Crippen molar-refractivity contribution in [2.24, 2.45) is 10.3 Å². The van der Waals surface area contributed by atoms with Gasteiger partial charge in [-0.1, -0.05) is 83.6 Å². The van der Waals surface area contributed by atoms with Gasteiger partial charge in [0.1, 0.15) is 47.0 Å². The van der Waals surface area contributed by atoms with Crippen LogP contribution in [0.5, 0.6) is 5.75 Å². The third-order valence-electron chi connectivity index (χ3n) is 5.93. The molecule has 36 heavy (non-hydrogen) atoms. The van der Waals surface area contributed by atoms with Crippen LogP contribution in [0.25, 0.3) is 0 Å². The molecule has 2 rings (SSSR count). The summed E-state index contributed by atoms with van der Waals surface area (Å²) in [6, 6.07) is 7.45. The predicted octanol–water partition coefficient (Wildman–Crippen LogP) is 4.71. The number of aliphatic hydroxyl groups is 3. The molecule has 0 saturated heterocycles. The topological polar surface area (TPSA) is 107 Å². The molecule has 1 aliphatic heterocycles. The fraction of sp³-hybridized carbons (Fsp3) is 0.520. The normalized spacial score (nSPS) is 20.4. The van der Waals surface area contributed by atoms with Crippen LogP contribution in [0.3, 0.4) is 0 Å². The standard InChI is InChI=1S/C25H34Cl2IN3O5/c1-16(5-10-23(17(2)27)36-14-19(33)11-26)25(3,4)18-6-8-21(9-7-18)35-15-20(34)12-31-22(13-32)24(28)29-30-31/h5-10,19-20,22,24,32-34H,2,11-15H2,1,3-4H3/b16-5+,23-10+/t19-,20-,22?,24?/m0/s1. The number of hydrogen-bond acceptors (Lipinski definition) is 8. The molecule has 11 heteroatoms. The zero-order valence-electron chi connectivity index (χ0n) is 20.6. The van der Waals surface area contributed by atoms with Gasteiger partial charge in [0.25, 0.3) is 0 Å². The minimum atomic E-state index is -0.791. The lowest BCUT2D eigenvalue weighted by Gasteiger charge is -2.27. The molecule has 0 radical (unpaired) electrons. The molecule has 1 aliphatic rings. The van der Waals surface area contributed by atoms with Crippen molar-refractivity contribution in [2.75, 3.05) is 32.2 Å². The molecular formula is C25H34Cl2IN3O5. The lowest BCUT2D eigenvalue weighted by Crippen LogP contribution is -2.41. The monoisotopic (exact) mass is 653 g/mol. The highest BCUT2D eigenvalue weighted by molar-refractivity contribution is 14.1. The molecule has 1 aromatic rings. The highest BCUT2D eigenvalue weighted by Crippen LogP contribution is 2.33. The maximum atomic E-state index is 10.3. The second-order valence-electron chi connectivity index (χ2n) is 8.97. The third-order valence-corrected chi connectivity index (χ3v) is 7.55. The van der Waals surface area contributed by atoms with E-state index in [1.165, 1.54) is 0 Å². The zero-order valence-corrected chi connectivity index (χ0v) is 24.3. The Bertz CT molecular complexity index is 956. The Morgan fingerprint density at radius 1 is 1.22 bits per heavy atom. The van der Waals surface area contributed by atoms with E-state index in [9.17, 15) is 15.3 Å². The van der Waals surface area contributed by atoms with Crippen molar-refractivity contribution in [2.45, 2.75) is 48.5 Å². The van der Waals surface area contributed by atoms with Crippen LogP contribution in [0.1, 0.15) is 26.3 Å². The molecule has 8 nitrogen and oxygen atoms in total. The summed E-state index contributed by atoms with van der Waals surface area (Å²) in [5, 5.41) is 39.3. The number of β-amino-alcohol motifs (C(OH)–C–C–N with tert-alkyl or cyclic N) is 1. The SMILES string of the molecule is C=C(Cl)/C(=C\C=C(/C)C(C)(C)c1ccc(OC[C@@H](O)CN2N=NC(I)C2CO)cc1)OC[C@@H](O)CCl. The van der Waals surface area contributed by atoms with E-state index >= 15 is 0 Å². The van der Waals surface area contributed by atoms with Crippen LogP contribution in [-0.4, -0.2) is 74.9 Å². The van der Waals surface area contributed by atoms with Crippen LogP contribution in [0, 0.1) is 0 Å². The van der Waals surface area contributed by atoms with Gasteiger partial charge in [-0.05, 0) is 30.7 Å². The molecule has 0 spiro atoms. The lowest BCUT2D eigenvalue weighted by molar-refractivity contribution is 0.0482. The average Bonchev–Trinajstić information content (AvgIpc) is 3.20. The van der Waals surface area contributed by atoms with E-state index in [2.05, 4.69) is 53.4 Å². The van der Waals surface area contributed by atoms with Crippen LogP contribution < -0.4 is 4.74 Å². The fourth-order valence-corrected chi connectivity index (χ4v) is 4.18. The van der Waals surface area contributed by atoms with E-state index in [0.717, 1.165) is 11.1 Å². The molecule has 0 fully saturated rings. The Labute approximate surface area is 236 Å². The van der Waals surface area contributed by atoms with Crippen molar-refractivity contribution >= 4 is 45.8 Å². The van der Waals surface area contributed by atoms with E-state index < -0.39 is 12.2 Å². The van der Waals surface area contributed by atoms with Gasteiger partial charge in [0, 0.05) is 5.41 Å². The molecular weight excluding hydrogens is 620 g/mol. The molecule has 200 valence electrons. The molecule has 0 aromatic heterocycles. The van der Waals surface area contributed by atoms with Crippen LogP contribution in [0.2, 0.25) is 0 Å². The van der Waals surface area contributed by atoms with Gasteiger partial charge in [0.2, 0.25) is 0 Å². The summed E-state index contributed by atoms with van der Waals surface area (Å²) in [5.41, 5.74) is 1.81. The minimum absolute atomic E-state index is 0.0243. The Kier molecular flexibility index (Phi) is 12.5. The van der Waals surface area contributed by atoms with Gasteiger partial charge < -0.3 is 24.8 Å². The van der Waals surface area contributed by atoms with Gasteiger partial charge in [0.15, 0.2) is 0 Å². The summed E-state index contributed by atoms with van der Waals surface area (Å²) in [7, 11) is 0. The van der Waals surface area contributed by atoms with E-state index in [1.54, 1.807) is 11.1 Å². The molecule has 0 bridgehead atoms. The number of aliphatic hydroxyl groups excluding tert-OH is 3. The molecule has 2 unspecified atom stereocenters. The van der Waals surface area contributed by atoms with E-state index in [4.69, 9.17) is 32.7 Å². The maximum Gasteiger partial charge on any atom is 0.148 e. The first-order valence-corrected chi connectivity index (χ1v) is 13.6. The third kappa shape index (κ3) is 8.88. The predicted molar refractivity (Wildman–Crippen MR) is 151 cm³/mol. The molecule has 3 N–H and O–H groups in total. The second kappa shape index (κ2) is 14.5. The molecule has 1 aromatic carbocycles. The zero-order chi connectivity index (χ0) is 26.9. The van der Waals surface area contributed by atoms with Gasteiger partial charge in [-0.3, -0.25) is 5.01 Å². The smallest absolute Gasteiger partial charge is 0.148 e. The van der Waals surface area contributed by atoms with Crippen LogP contribution >= 0.6 is 45.8 Å². The lowest BCUT2D eigenvalue weighted by atomic mass is 9.78. The van der Waals surface area contributed by atoms with Crippen molar-refractivity contribution in [3.05, 3.63) is 64.9 Å². The minimum Gasteiger partial charge on any atom is -0.491 e. The Balaban J connectivity index is 1.98. The van der Waals surface area contributed by atoms with E-state index in [0.29, 0.717) is 11.5 Å². The number of alkyl halides is 2. The van der Waals surface area contributed by atoms with Gasteiger partial charge in [-0.25, -0.2) is 0 Å². The van der Waals surface area contributed by atoms with Crippen molar-refractivity contribution < 1.29 is 24.8 Å². The number of halogens is 3. The number of rotatable bonds is 14. The summed E-state index contributed by atoms with van der Waals surface area (Å²) in [5.74, 6) is 1.07. The molecule has 0 amide bonds. The van der Waals surface area contributed by atoms with Gasteiger partial charge in [0.05, 0.1) is 24.1 Å². The number of hydrogen-bond donors (Lipinski definition) is 3. The Morgan fingerprint density at radius 2 is 1.89 bits per heavy atom. The average molecular weight is 654 g/mol. The highest BCUT2D eigenvalue weighted by atomic mass is 127. The molecule has 0 aliphatic carbocycles. The first kappa shape index (κ1) is 30.9. The first-order valence-electron chi connectivity index (χ1n) is 11.4. The van der Waals surface area contributed by atoms with Gasteiger partial charge >= 0.3 is 0 Å². The quantitative estimate of drug-likeness (QED) is 0.0883. The molecule has 0 saturated carbocycles. The number of ether oxygens (including phenoxy) is 2. The fourth-order valence-electron chi connectivity index (χ4n) is 3.27. The summed E-state index contributed by atoms with van der Waals surface area (Å²) in [6.45, 7) is 10.2. The van der Waals surface area contributed by atoms with Gasteiger partial charge in [-0.2, -0.15) is 5.11 Å². The largest absolute Gasteiger partial charge is 0.491 e. The van der Waals surface area contributed by atoms with Crippen LogP contribution in [0.4, 0.5) is 0 Å². The summed E-state index contributed by atoms with van der Waals surface area (Å²) in [4.78, 5) is 0. The van der Waals surface area contributed by atoms with E-state index in [1.807, 2.05) is 37.3 Å². The first-order chi connectivity index (χ1) is 17.0. The van der Waals surface area contributed by atoms with Crippen molar-refractivity contribution in [1.29, 1.82) is 0 Å². The maximum absolute atomic E-state index is 10.3. The molecule has 4 atom stereocenters. The van der Waals surface area contributed by atoms with Crippen molar-refractivity contribution in [3.63, 3.8) is 0 Å². The molecule has 1 heterocycles. The Morgan fingerprint density at radius 3 is 2.47 bits per heavy atom. The van der Waals surface area contributed by atoms with Gasteiger partial charge in [-0.15, -0.1) is 11.6 Å². The number of allylic oxidation sites excluding steroid dienone is 4. The van der Waals surface area contributed by atoms with Crippen molar-refractivity contribution in [3.8, 4) is 5.75 Å². The van der Waals surface area contributed by atoms with Crippen LogP contribution in [0.15, 0.2) is 69.7 Å². The highest BCUT2D eigenvalue weighted by Gasteiger charge is 2.31. The van der Waals surface area contributed by atoms with E-state index in [-0.39, 0.29) is 52.8 Å². The summed E-state index contributed by atoms with van der Waals surface area (Å²) >= 11 is 13.8. The van der Waals surface area contributed by atoms with Crippen LogP contribution in [-0.2, 0) is 10.2 Å². The number of benzene rings is 1. The van der Waals surface area contributed by atoms with Crippen molar-refractivity contribution in [1.82, 2.24) is 5.01 Å². The summed E-state index contributed by atoms with van der Waals surface area (Å²) < 4.78 is 11.1. The second-order valence-corrected chi connectivity index (χ2v) is 11.0. The Hall–Kier alpha value is -1.37. The number of nitrogens with zero attached hydrogens (tertiary/aromatic N) is 3.